The van der Waals surface area contributed by atoms with Crippen molar-refractivity contribution in [1.29, 1.82) is 0 Å². The van der Waals surface area contributed by atoms with E-state index in [1.165, 1.54) is 6.20 Å². The van der Waals surface area contributed by atoms with Gasteiger partial charge in [0.1, 0.15) is 10.9 Å². The van der Waals surface area contributed by atoms with E-state index in [-0.39, 0.29) is 0 Å². The Hall–Kier alpha value is -2.40. The van der Waals surface area contributed by atoms with Crippen molar-refractivity contribution in [3.8, 4) is 11.3 Å². The average Bonchev–Trinajstić information content (AvgIpc) is 2.45. The predicted octanol–water partition coefficient (Wildman–Crippen LogP) is 2.89. The predicted molar refractivity (Wildman–Crippen MR) is 77.3 cm³/mol. The number of aromatic nitrogens is 3. The molecule has 0 amide bonds. The molecule has 5 nitrogen and oxygen atoms in total. The summed E-state index contributed by atoms with van der Waals surface area (Å²) in [7, 11) is 0. The first-order chi connectivity index (χ1) is 9.24. The number of halogens is 1. The fourth-order valence-electron chi connectivity index (χ4n) is 1.45. The summed E-state index contributed by atoms with van der Waals surface area (Å²) in [6, 6.07) is 5.36. The maximum Gasteiger partial charge on any atom is 0.181 e. The van der Waals surface area contributed by atoms with E-state index in [1.807, 2.05) is 12.1 Å². The molecule has 0 spiro atoms. The molecular formula is C13H10ClN5. The molecule has 0 N–H and O–H groups in total. The number of hydrogen-bond acceptors (Lipinski definition) is 5. The fourth-order valence-corrected chi connectivity index (χ4v) is 1.63. The van der Waals surface area contributed by atoms with Gasteiger partial charge in [-0.3, -0.25) is 15.0 Å². The Morgan fingerprint density at radius 1 is 1.32 bits per heavy atom. The van der Waals surface area contributed by atoms with Gasteiger partial charge in [0, 0.05) is 24.0 Å². The summed E-state index contributed by atoms with van der Waals surface area (Å²) < 4.78 is 0. The van der Waals surface area contributed by atoms with E-state index in [0.717, 1.165) is 5.56 Å². The molecule has 0 aliphatic carbocycles. The van der Waals surface area contributed by atoms with E-state index >= 15 is 0 Å². The van der Waals surface area contributed by atoms with Crippen LogP contribution in [0.2, 0.25) is 5.15 Å². The minimum absolute atomic E-state index is 0.308. The van der Waals surface area contributed by atoms with Gasteiger partial charge in [0.25, 0.3) is 0 Å². The molecule has 6 heteroatoms. The van der Waals surface area contributed by atoms with Gasteiger partial charge in [-0.05, 0) is 25.6 Å². The molecule has 0 bridgehead atoms. The number of nitrogens with zero attached hydrogens (tertiary/aromatic N) is 5. The first kappa shape index (κ1) is 13.0. The summed E-state index contributed by atoms with van der Waals surface area (Å²) in [5.74, 6) is 0.341. The zero-order valence-electron chi connectivity index (χ0n) is 9.99. The lowest BCUT2D eigenvalue weighted by Gasteiger charge is -2.04. The van der Waals surface area contributed by atoms with Crippen molar-refractivity contribution in [3.05, 3.63) is 47.8 Å². The molecular weight excluding hydrogens is 262 g/mol. The van der Waals surface area contributed by atoms with Gasteiger partial charge in [0.15, 0.2) is 5.82 Å². The van der Waals surface area contributed by atoms with Crippen molar-refractivity contribution in [2.24, 2.45) is 9.98 Å². The van der Waals surface area contributed by atoms with E-state index in [4.69, 9.17) is 11.6 Å². The quantitative estimate of drug-likeness (QED) is 0.634. The Morgan fingerprint density at radius 3 is 2.79 bits per heavy atom. The second-order valence-electron chi connectivity index (χ2n) is 3.50. The summed E-state index contributed by atoms with van der Waals surface area (Å²) in [6.07, 6.45) is 4.80. The lowest BCUT2D eigenvalue weighted by atomic mass is 10.2. The van der Waals surface area contributed by atoms with Crippen LogP contribution >= 0.6 is 11.6 Å². The van der Waals surface area contributed by atoms with Crippen molar-refractivity contribution < 1.29 is 0 Å². The second kappa shape index (κ2) is 5.97. The van der Waals surface area contributed by atoms with Crippen LogP contribution < -0.4 is 0 Å². The van der Waals surface area contributed by atoms with Crippen LogP contribution in [-0.2, 0) is 0 Å². The molecule has 2 aromatic heterocycles. The van der Waals surface area contributed by atoms with Crippen LogP contribution in [0.15, 0.2) is 46.8 Å². The third-order valence-electron chi connectivity index (χ3n) is 2.27. The van der Waals surface area contributed by atoms with Crippen LogP contribution in [0.25, 0.3) is 17.0 Å². The first-order valence-electron chi connectivity index (χ1n) is 5.32. The van der Waals surface area contributed by atoms with Crippen molar-refractivity contribution in [1.82, 2.24) is 15.0 Å². The van der Waals surface area contributed by atoms with Gasteiger partial charge in [-0.25, -0.2) is 9.97 Å². The van der Waals surface area contributed by atoms with Crippen molar-refractivity contribution in [3.63, 3.8) is 0 Å². The first-order valence-corrected chi connectivity index (χ1v) is 5.70. The summed E-state index contributed by atoms with van der Waals surface area (Å²) in [5.41, 5.74) is 1.90. The third kappa shape index (κ3) is 3.08. The van der Waals surface area contributed by atoms with E-state index in [0.29, 0.717) is 22.4 Å². The molecule has 94 valence electrons. The molecule has 0 radical (unpaired) electrons. The van der Waals surface area contributed by atoms with E-state index < -0.39 is 0 Å². The molecule has 0 saturated heterocycles. The largest absolute Gasteiger partial charge is 0.270 e. The monoisotopic (exact) mass is 271 g/mol. The van der Waals surface area contributed by atoms with Crippen LogP contribution in [0, 0.1) is 0 Å². The smallest absolute Gasteiger partial charge is 0.181 e. The molecule has 0 aromatic carbocycles. The Bertz CT molecular complexity index is 637. The molecule has 0 aliphatic heterocycles. The second-order valence-corrected chi connectivity index (χ2v) is 3.88. The maximum atomic E-state index is 5.99. The zero-order chi connectivity index (χ0) is 13.7. The maximum absolute atomic E-state index is 5.99. The zero-order valence-corrected chi connectivity index (χ0v) is 10.7. The fraction of sp³-hybridized carbons (Fsp3) is 0. The molecule has 2 rings (SSSR count). The van der Waals surface area contributed by atoms with Gasteiger partial charge in [-0.2, -0.15) is 0 Å². The molecule has 19 heavy (non-hydrogen) atoms. The summed E-state index contributed by atoms with van der Waals surface area (Å²) in [4.78, 5) is 19.9. The van der Waals surface area contributed by atoms with Crippen LogP contribution in [0.1, 0.15) is 5.82 Å². The lowest BCUT2D eigenvalue weighted by molar-refractivity contribution is 1.11. The van der Waals surface area contributed by atoms with E-state index in [2.05, 4.69) is 38.4 Å². The lowest BCUT2D eigenvalue weighted by Crippen LogP contribution is -1.96. The molecule has 0 fully saturated rings. The van der Waals surface area contributed by atoms with Gasteiger partial charge in [0.05, 0.1) is 11.9 Å². The van der Waals surface area contributed by atoms with Crippen LogP contribution in [0.5, 0.6) is 0 Å². The third-order valence-corrected chi connectivity index (χ3v) is 2.46. The topological polar surface area (TPSA) is 63.4 Å². The Balaban J connectivity index is 2.55. The van der Waals surface area contributed by atoms with Crippen molar-refractivity contribution >= 4 is 30.7 Å². The SMILES string of the molecule is C=N/C=C(\N=C)c1nc(Cl)cc(-c2cccnc2)n1. The number of rotatable bonds is 4. The number of aliphatic imine (C=N–C) groups is 2. The van der Waals surface area contributed by atoms with E-state index in [1.54, 1.807) is 18.5 Å². The van der Waals surface area contributed by atoms with Crippen molar-refractivity contribution in [2.75, 3.05) is 0 Å². The Morgan fingerprint density at radius 2 is 2.16 bits per heavy atom. The van der Waals surface area contributed by atoms with Gasteiger partial charge in [-0.1, -0.05) is 11.6 Å². The molecule has 0 atom stereocenters. The number of hydrogen-bond donors (Lipinski definition) is 0. The summed E-state index contributed by atoms with van der Waals surface area (Å²) in [6.45, 7) is 6.81. The molecule has 0 saturated carbocycles. The van der Waals surface area contributed by atoms with Crippen molar-refractivity contribution in [2.45, 2.75) is 0 Å². The Kier molecular flexibility index (Phi) is 4.10. The van der Waals surface area contributed by atoms with Crippen LogP contribution in [0.3, 0.4) is 0 Å². The molecule has 2 heterocycles. The standard InChI is InChI=1S/C13H10ClN5/c1-15-8-11(16-2)13-18-10(6-12(14)19-13)9-4-3-5-17-7-9/h3-8H,1-2H2/b11-8-. The molecule has 2 aromatic rings. The van der Waals surface area contributed by atoms with Crippen LogP contribution in [0.4, 0.5) is 0 Å². The van der Waals surface area contributed by atoms with Gasteiger partial charge < -0.3 is 0 Å². The van der Waals surface area contributed by atoms with E-state index in [9.17, 15) is 0 Å². The Labute approximate surface area is 115 Å². The van der Waals surface area contributed by atoms with Crippen LogP contribution in [-0.4, -0.2) is 28.4 Å². The minimum Gasteiger partial charge on any atom is -0.270 e. The highest BCUT2D eigenvalue weighted by Crippen LogP contribution is 2.22. The molecule has 0 aliphatic rings. The normalized spacial score (nSPS) is 11.1. The van der Waals surface area contributed by atoms with Gasteiger partial charge in [0.2, 0.25) is 0 Å². The highest BCUT2D eigenvalue weighted by molar-refractivity contribution is 6.29. The summed E-state index contributed by atoms with van der Waals surface area (Å²) in [5, 5.41) is 0.308. The average molecular weight is 272 g/mol. The van der Waals surface area contributed by atoms with Gasteiger partial charge >= 0.3 is 0 Å². The minimum atomic E-state index is 0.308. The van der Waals surface area contributed by atoms with Gasteiger partial charge in [-0.15, -0.1) is 0 Å². The highest BCUT2D eigenvalue weighted by Gasteiger charge is 2.08. The highest BCUT2D eigenvalue weighted by atomic mass is 35.5. The number of pyridine rings is 1. The summed E-state index contributed by atoms with van der Waals surface area (Å²) >= 11 is 5.99. The molecule has 0 unspecified atom stereocenters.